The van der Waals surface area contributed by atoms with Gasteiger partial charge in [-0.3, -0.25) is 0 Å². The normalized spacial score (nSPS) is 19.8. The highest BCUT2D eigenvalue weighted by atomic mass is 14.5. The Kier molecular flexibility index (Phi) is 5.50. The highest BCUT2D eigenvalue weighted by Crippen LogP contribution is 2.54. The molecule has 0 bridgehead atoms. The minimum absolute atomic E-state index is 0.140. The summed E-state index contributed by atoms with van der Waals surface area (Å²) in [4.78, 5) is 0. The van der Waals surface area contributed by atoms with Crippen LogP contribution in [0.15, 0.2) is 54.1 Å². The lowest BCUT2D eigenvalue weighted by Crippen LogP contribution is -2.33. The number of hydrogen-bond acceptors (Lipinski definition) is 0. The van der Waals surface area contributed by atoms with Crippen LogP contribution in [0.25, 0.3) is 11.1 Å². The van der Waals surface area contributed by atoms with Crippen molar-refractivity contribution in [3.63, 3.8) is 0 Å². The molecule has 3 aliphatic carbocycles. The third-order valence-corrected chi connectivity index (χ3v) is 8.57. The van der Waals surface area contributed by atoms with Gasteiger partial charge in [0.1, 0.15) is 0 Å². The van der Waals surface area contributed by atoms with Crippen molar-refractivity contribution in [3.8, 4) is 11.1 Å². The van der Waals surface area contributed by atoms with Gasteiger partial charge in [-0.25, -0.2) is 0 Å². The van der Waals surface area contributed by atoms with Gasteiger partial charge in [0.2, 0.25) is 0 Å². The monoisotopic (exact) mass is 438 g/mol. The first-order valence-corrected chi connectivity index (χ1v) is 13.3. The lowest BCUT2D eigenvalue weighted by molar-refractivity contribution is 0.415. The van der Waals surface area contributed by atoms with E-state index in [1.54, 1.807) is 22.3 Å². The van der Waals surface area contributed by atoms with Crippen molar-refractivity contribution in [2.24, 2.45) is 0 Å². The van der Waals surface area contributed by atoms with Crippen LogP contribution in [0.3, 0.4) is 0 Å². The Morgan fingerprint density at radius 1 is 0.758 bits per heavy atom. The average molecular weight is 439 g/mol. The van der Waals surface area contributed by atoms with Gasteiger partial charge in [0.05, 0.1) is 0 Å². The maximum Gasteiger partial charge on any atom is 0.0174 e. The summed E-state index contributed by atoms with van der Waals surface area (Å²) in [6.07, 6.45) is 17.5. The van der Waals surface area contributed by atoms with E-state index >= 15 is 0 Å². The molecule has 0 N–H and O–H groups in total. The van der Waals surface area contributed by atoms with Gasteiger partial charge in [0.25, 0.3) is 0 Å². The molecule has 1 saturated carbocycles. The van der Waals surface area contributed by atoms with Crippen molar-refractivity contribution in [2.45, 2.75) is 109 Å². The van der Waals surface area contributed by atoms with E-state index in [4.69, 9.17) is 0 Å². The number of hydrogen-bond donors (Lipinski definition) is 0. The highest BCUT2D eigenvalue weighted by Gasteiger charge is 2.43. The summed E-state index contributed by atoms with van der Waals surface area (Å²) in [5.41, 5.74) is 13.1. The van der Waals surface area contributed by atoms with E-state index in [0.717, 1.165) is 12.8 Å². The summed E-state index contributed by atoms with van der Waals surface area (Å²) in [6, 6.07) is 12.2. The van der Waals surface area contributed by atoms with Crippen LogP contribution in [0.1, 0.15) is 114 Å². The van der Waals surface area contributed by atoms with E-state index < -0.39 is 0 Å². The molecule has 2 aromatic carbocycles. The lowest BCUT2D eigenvalue weighted by Gasteiger charge is -2.41. The molecule has 0 aliphatic heterocycles. The predicted octanol–water partition coefficient (Wildman–Crippen LogP) is 9.33. The first-order valence-electron chi connectivity index (χ1n) is 13.3. The molecule has 2 aromatic rings. The molecule has 0 saturated heterocycles. The van der Waals surface area contributed by atoms with Gasteiger partial charge in [-0.2, -0.15) is 0 Å². The molecule has 0 heterocycles. The zero-order valence-electron chi connectivity index (χ0n) is 21.8. The van der Waals surface area contributed by atoms with E-state index in [1.807, 2.05) is 0 Å². The van der Waals surface area contributed by atoms with Crippen LogP contribution in [0.5, 0.6) is 0 Å². The summed E-state index contributed by atoms with van der Waals surface area (Å²) in [5.74, 6) is 0. The fourth-order valence-corrected chi connectivity index (χ4v) is 6.78. The van der Waals surface area contributed by atoms with Crippen molar-refractivity contribution < 1.29 is 0 Å². The minimum atomic E-state index is 0.140. The maximum absolute atomic E-state index is 2.51. The molecule has 0 heteroatoms. The van der Waals surface area contributed by atoms with Crippen LogP contribution in [-0.2, 0) is 22.7 Å². The van der Waals surface area contributed by atoms with Gasteiger partial charge < -0.3 is 0 Å². The van der Waals surface area contributed by atoms with Gasteiger partial charge in [0, 0.05) is 5.41 Å². The van der Waals surface area contributed by atoms with Crippen molar-refractivity contribution >= 4 is 0 Å². The fourth-order valence-electron chi connectivity index (χ4n) is 6.78. The summed E-state index contributed by atoms with van der Waals surface area (Å²) in [6.45, 7) is 14.3. The van der Waals surface area contributed by atoms with Gasteiger partial charge in [-0.05, 0) is 75.5 Å². The molecule has 0 atom stereocenters. The second kappa shape index (κ2) is 8.00. The zero-order chi connectivity index (χ0) is 23.4. The fraction of sp³-hybridized carbons (Fsp3) is 0.515. The van der Waals surface area contributed by atoms with Gasteiger partial charge in [-0.1, -0.05) is 121 Å². The third kappa shape index (κ3) is 3.84. The van der Waals surface area contributed by atoms with E-state index in [9.17, 15) is 0 Å². The Morgan fingerprint density at radius 3 is 2.06 bits per heavy atom. The summed E-state index contributed by atoms with van der Waals surface area (Å²) in [5, 5.41) is 0. The van der Waals surface area contributed by atoms with Crippen LogP contribution < -0.4 is 0 Å². The van der Waals surface area contributed by atoms with Crippen molar-refractivity contribution in [1.29, 1.82) is 0 Å². The van der Waals surface area contributed by atoms with Crippen molar-refractivity contribution in [2.75, 3.05) is 0 Å². The van der Waals surface area contributed by atoms with E-state index in [2.05, 4.69) is 90.1 Å². The molecular weight excluding hydrogens is 396 g/mol. The Morgan fingerprint density at radius 2 is 1.45 bits per heavy atom. The molecule has 0 amide bonds. The lowest BCUT2D eigenvalue weighted by atomic mass is 9.62. The molecule has 0 unspecified atom stereocenters. The molecule has 33 heavy (non-hydrogen) atoms. The quantitative estimate of drug-likeness (QED) is 0.350. The Hall–Kier alpha value is -2.08. The molecule has 5 rings (SSSR count). The summed E-state index contributed by atoms with van der Waals surface area (Å²) >= 11 is 0. The molecule has 174 valence electrons. The van der Waals surface area contributed by atoms with Crippen LogP contribution in [0, 0.1) is 0 Å². The van der Waals surface area contributed by atoms with Gasteiger partial charge in [0.15, 0.2) is 0 Å². The van der Waals surface area contributed by atoms with Crippen molar-refractivity contribution in [1.82, 2.24) is 0 Å². The second-order valence-electron chi connectivity index (χ2n) is 12.9. The third-order valence-electron chi connectivity index (χ3n) is 8.57. The summed E-state index contributed by atoms with van der Waals surface area (Å²) in [7, 11) is 0. The Bertz CT molecular complexity index is 1120. The Labute approximate surface area is 202 Å². The average Bonchev–Trinajstić information content (AvgIpc) is 3.34. The molecule has 1 fully saturated rings. The smallest absolute Gasteiger partial charge is 0.0174 e. The molecular formula is C33H42. The topological polar surface area (TPSA) is 0 Å². The van der Waals surface area contributed by atoms with Crippen LogP contribution in [0.2, 0.25) is 0 Å². The van der Waals surface area contributed by atoms with Crippen LogP contribution in [0.4, 0.5) is 0 Å². The minimum Gasteiger partial charge on any atom is -0.0804 e. The molecule has 0 spiro atoms. The van der Waals surface area contributed by atoms with E-state index in [0.29, 0.717) is 0 Å². The Balaban J connectivity index is 1.75. The zero-order valence-corrected chi connectivity index (χ0v) is 21.8. The van der Waals surface area contributed by atoms with Gasteiger partial charge in [-0.15, -0.1) is 0 Å². The van der Waals surface area contributed by atoms with E-state index in [-0.39, 0.29) is 16.2 Å². The van der Waals surface area contributed by atoms with Gasteiger partial charge >= 0.3 is 0 Å². The predicted molar refractivity (Wildman–Crippen MR) is 143 cm³/mol. The number of fused-ring (bicyclic) bond motifs is 3. The summed E-state index contributed by atoms with van der Waals surface area (Å²) < 4.78 is 0. The molecule has 0 radical (unpaired) electrons. The van der Waals surface area contributed by atoms with Crippen LogP contribution in [-0.4, -0.2) is 0 Å². The second-order valence-corrected chi connectivity index (χ2v) is 12.9. The number of allylic oxidation sites excluding steroid dienone is 4. The number of rotatable bonds is 2. The van der Waals surface area contributed by atoms with E-state index in [1.165, 1.54) is 60.8 Å². The van der Waals surface area contributed by atoms with Crippen molar-refractivity contribution in [3.05, 3.63) is 82.0 Å². The van der Waals surface area contributed by atoms with Crippen LogP contribution >= 0.6 is 0 Å². The molecule has 3 aliphatic rings. The standard InChI is InChI=1S/C33H42/c1-31(2,3)25-15-16-26-23(21-25)22-28-27(26)17-18-29(32(4,5)6)30(28)33(24-13-9-10-14-24)19-11-7-8-12-20-33/h9-10,13,15-18,21H,7-8,11-12,14,19-20,22H2,1-6H3. The maximum atomic E-state index is 2.51. The largest absolute Gasteiger partial charge is 0.0804 e. The highest BCUT2D eigenvalue weighted by molar-refractivity contribution is 5.80. The molecule has 0 aromatic heterocycles. The first kappa shape index (κ1) is 22.7. The SMILES string of the molecule is CC(C)(C)c1ccc2c(c1)Cc1c-2ccc(C(C)(C)C)c1C1(C2=CC=CC2)CCCCCC1. The number of benzene rings is 2. The molecule has 0 nitrogen and oxygen atoms in total. The first-order chi connectivity index (χ1) is 15.6.